The zero-order chi connectivity index (χ0) is 59.1. The molecule has 460 valence electrons. The number of ether oxygens (including phenoxy) is 4. The van der Waals surface area contributed by atoms with Crippen LogP contribution in [0.15, 0.2) is 134 Å². The molecule has 0 aliphatic rings. The minimum absolute atomic E-state index is 0.138. The molecule has 0 spiro atoms. The first kappa shape index (κ1) is 76.4. The number of allylic oxidation sites excluding steroid dienone is 22. The topological polar surface area (TPSA) is 111 Å². The molecule has 0 aromatic rings. The number of nitrogens with zero attached hydrogens (tertiary/aromatic N) is 1. The smallest absolute Gasteiger partial charge is 0.306 e. The summed E-state index contributed by atoms with van der Waals surface area (Å²) >= 11 is 0. The number of aliphatic carboxylic acids is 1. The Morgan fingerprint density at radius 2 is 0.704 bits per heavy atom. The van der Waals surface area contributed by atoms with Crippen LogP contribution in [0.25, 0.3) is 0 Å². The van der Waals surface area contributed by atoms with Crippen LogP contribution in [0.2, 0.25) is 0 Å². The summed E-state index contributed by atoms with van der Waals surface area (Å²) < 4.78 is 22.7. The molecule has 0 fully saturated rings. The van der Waals surface area contributed by atoms with Gasteiger partial charge in [0.25, 0.3) is 0 Å². The lowest BCUT2D eigenvalue weighted by Crippen LogP contribution is -2.44. The lowest BCUT2D eigenvalue weighted by Gasteiger charge is -2.26. The van der Waals surface area contributed by atoms with Gasteiger partial charge in [-0.2, -0.15) is 0 Å². The number of likely N-dealkylation sites (N-methyl/N-ethyl adjacent to an activating group) is 1. The Balaban J connectivity index is 4.24. The van der Waals surface area contributed by atoms with E-state index in [1.54, 1.807) is 0 Å². The number of carboxylic acids is 1. The molecular weight excluding hydrogens is 1010 g/mol. The number of esters is 2. The molecular formula is C72H119NO8. The van der Waals surface area contributed by atoms with E-state index in [0.717, 1.165) is 122 Å². The predicted octanol–water partition coefficient (Wildman–Crippen LogP) is 18.5. The molecule has 0 aromatic heterocycles. The average molecular weight is 1130 g/mol. The minimum Gasteiger partial charge on any atom is -0.545 e. The first-order valence-electron chi connectivity index (χ1n) is 32.3. The molecule has 0 saturated heterocycles. The molecule has 0 saturated carbocycles. The van der Waals surface area contributed by atoms with Crippen LogP contribution < -0.4 is 5.11 Å². The molecule has 0 radical (unpaired) electrons. The first-order chi connectivity index (χ1) is 39.6. The van der Waals surface area contributed by atoms with E-state index in [9.17, 15) is 19.5 Å². The second kappa shape index (κ2) is 61.5. The maximum atomic E-state index is 12.9. The van der Waals surface area contributed by atoms with Crippen LogP contribution in [0.4, 0.5) is 0 Å². The fourth-order valence-corrected chi connectivity index (χ4v) is 8.44. The molecule has 0 bridgehead atoms. The van der Waals surface area contributed by atoms with Gasteiger partial charge >= 0.3 is 11.9 Å². The molecule has 0 rings (SSSR count). The van der Waals surface area contributed by atoms with Crippen LogP contribution in [0.5, 0.6) is 0 Å². The zero-order valence-corrected chi connectivity index (χ0v) is 52.4. The number of hydrogen-bond acceptors (Lipinski definition) is 8. The van der Waals surface area contributed by atoms with E-state index in [2.05, 4.69) is 148 Å². The summed E-state index contributed by atoms with van der Waals surface area (Å²) in [7, 11) is 5.91. The number of carboxylic acid groups (broad SMARTS) is 1. The highest BCUT2D eigenvalue weighted by Gasteiger charge is 2.22. The number of unbranched alkanes of at least 4 members (excludes halogenated alkanes) is 21. The van der Waals surface area contributed by atoms with Gasteiger partial charge in [0.1, 0.15) is 13.2 Å². The normalized spacial score (nSPS) is 13.6. The molecule has 2 atom stereocenters. The summed E-state index contributed by atoms with van der Waals surface area (Å²) in [4.78, 5) is 37.4. The van der Waals surface area contributed by atoms with Crippen LogP contribution in [-0.2, 0) is 33.3 Å². The van der Waals surface area contributed by atoms with E-state index in [-0.39, 0.29) is 38.6 Å². The van der Waals surface area contributed by atoms with Gasteiger partial charge < -0.3 is 33.3 Å². The highest BCUT2D eigenvalue weighted by Crippen LogP contribution is 2.15. The fourth-order valence-electron chi connectivity index (χ4n) is 8.44. The zero-order valence-electron chi connectivity index (χ0n) is 52.4. The van der Waals surface area contributed by atoms with E-state index in [4.69, 9.17) is 18.9 Å². The van der Waals surface area contributed by atoms with Crippen LogP contribution in [-0.4, -0.2) is 82.3 Å². The quantitative estimate of drug-likeness (QED) is 0.0195. The summed E-state index contributed by atoms with van der Waals surface area (Å²) in [5.74, 6) is -2.31. The van der Waals surface area contributed by atoms with Gasteiger partial charge in [0.05, 0.1) is 40.3 Å². The van der Waals surface area contributed by atoms with Crippen molar-refractivity contribution in [2.45, 2.75) is 257 Å². The van der Waals surface area contributed by atoms with Crippen molar-refractivity contribution in [2.75, 3.05) is 47.5 Å². The van der Waals surface area contributed by atoms with Crippen molar-refractivity contribution in [3.05, 3.63) is 134 Å². The highest BCUT2D eigenvalue weighted by molar-refractivity contribution is 5.70. The third kappa shape index (κ3) is 62.9. The first-order valence-corrected chi connectivity index (χ1v) is 32.3. The van der Waals surface area contributed by atoms with Gasteiger partial charge in [-0.25, -0.2) is 0 Å². The fraction of sp³-hybridized carbons (Fsp3) is 0.653. The Morgan fingerprint density at radius 3 is 1.06 bits per heavy atom. The van der Waals surface area contributed by atoms with Gasteiger partial charge in [-0.3, -0.25) is 9.59 Å². The molecule has 0 aliphatic heterocycles. The number of carbonyl (C=O) groups excluding carboxylic acids is 3. The van der Waals surface area contributed by atoms with E-state index >= 15 is 0 Å². The Labute approximate surface area is 497 Å². The van der Waals surface area contributed by atoms with Gasteiger partial charge in [-0.05, 0) is 116 Å². The van der Waals surface area contributed by atoms with Gasteiger partial charge in [-0.1, -0.05) is 250 Å². The summed E-state index contributed by atoms with van der Waals surface area (Å²) in [6, 6.07) is 0. The maximum Gasteiger partial charge on any atom is 0.306 e. The molecule has 9 heteroatoms. The lowest BCUT2D eigenvalue weighted by atomic mass is 10.1. The van der Waals surface area contributed by atoms with Crippen molar-refractivity contribution < 1.29 is 42.9 Å². The molecule has 81 heavy (non-hydrogen) atoms. The van der Waals surface area contributed by atoms with Crippen molar-refractivity contribution in [3.63, 3.8) is 0 Å². The van der Waals surface area contributed by atoms with Gasteiger partial charge in [-0.15, -0.1) is 0 Å². The molecule has 0 aliphatic carbocycles. The highest BCUT2D eigenvalue weighted by atomic mass is 16.7. The Kier molecular flexibility index (Phi) is 58.0. The van der Waals surface area contributed by atoms with Crippen molar-refractivity contribution >= 4 is 17.9 Å². The number of carbonyl (C=O) groups is 3. The molecule has 9 nitrogen and oxygen atoms in total. The van der Waals surface area contributed by atoms with Gasteiger partial charge in [0, 0.05) is 12.8 Å². The summed E-state index contributed by atoms with van der Waals surface area (Å²) in [6.45, 7) is 4.60. The van der Waals surface area contributed by atoms with E-state index in [1.807, 2.05) is 21.1 Å². The Bertz CT molecular complexity index is 1790. The predicted molar refractivity (Wildman–Crippen MR) is 343 cm³/mol. The molecule has 0 amide bonds. The molecule has 0 heterocycles. The maximum absolute atomic E-state index is 12.9. The number of quaternary nitrogens is 1. The molecule has 0 N–H and O–H groups in total. The van der Waals surface area contributed by atoms with E-state index in [0.29, 0.717) is 17.4 Å². The standard InChI is InChI=1S/C72H119NO8/c1-6-8-10-12-14-16-18-20-22-24-26-27-28-29-30-31-32-33-34-35-36-37-38-39-40-41-42-43-45-47-49-51-53-55-57-59-61-63-70(75)81-68(67-80-72(71(76)77)78-65-64-73(3,4)5)66-79-69(74)62-60-58-56-54-52-50-48-46-44-25-23-21-19-17-15-13-11-9-7-2/h8,10,14,16,20-23,26-27,29-30,32-33,35-36,38-39,41-42,45,47,68,72H,6-7,9,11-13,15,17-19,24-25,28,31,34,37,40,43-44,46,48-67H2,1-5H3/b10-8-,16-14-,22-20-,23-21-,27-26-,30-29-,33-32-,36-35-,39-38-,42-41-,47-45-. The second-order valence-corrected chi connectivity index (χ2v) is 22.3. The van der Waals surface area contributed by atoms with Crippen molar-refractivity contribution in [1.29, 1.82) is 0 Å². The van der Waals surface area contributed by atoms with Crippen LogP contribution >= 0.6 is 0 Å². The van der Waals surface area contributed by atoms with Crippen molar-refractivity contribution in [2.24, 2.45) is 0 Å². The van der Waals surface area contributed by atoms with E-state index in [1.165, 1.54) is 89.9 Å². The monoisotopic (exact) mass is 1130 g/mol. The van der Waals surface area contributed by atoms with Crippen molar-refractivity contribution in [1.82, 2.24) is 0 Å². The summed E-state index contributed by atoms with van der Waals surface area (Å²) in [5, 5.41) is 11.8. The van der Waals surface area contributed by atoms with Crippen LogP contribution in [0.3, 0.4) is 0 Å². The molecule has 0 aromatic carbocycles. The van der Waals surface area contributed by atoms with Crippen LogP contribution in [0.1, 0.15) is 245 Å². The Hall–Kier alpha value is -4.57. The summed E-state index contributed by atoms with van der Waals surface area (Å²) in [6.07, 6.45) is 85.1. The SMILES string of the molecule is CC/C=C\C/C=C\C/C=C\C/C=C\C/C=C\C/C=C\C/C=C\C/C=C\C/C=C\C/C=C\CCCCCCCCC(=O)OC(COC(=O)CCCCCCCCCCC/C=C\CCCCCCCC)COC(OCC[N+](C)(C)C)C(=O)[O-]. The average Bonchev–Trinajstić information content (AvgIpc) is 3.44. The molecule has 2 unspecified atom stereocenters. The third-order valence-electron chi connectivity index (χ3n) is 13.4. The summed E-state index contributed by atoms with van der Waals surface area (Å²) in [5.41, 5.74) is 0. The van der Waals surface area contributed by atoms with Crippen LogP contribution in [0, 0.1) is 0 Å². The largest absolute Gasteiger partial charge is 0.545 e. The minimum atomic E-state index is -1.63. The van der Waals surface area contributed by atoms with E-state index < -0.39 is 24.3 Å². The number of rotatable bonds is 58. The van der Waals surface area contributed by atoms with Gasteiger partial charge in [0.15, 0.2) is 12.4 Å². The second-order valence-electron chi connectivity index (χ2n) is 22.3. The Morgan fingerprint density at radius 1 is 0.383 bits per heavy atom. The number of hydrogen-bond donors (Lipinski definition) is 0. The van der Waals surface area contributed by atoms with Crippen molar-refractivity contribution in [3.8, 4) is 0 Å². The lowest BCUT2D eigenvalue weighted by molar-refractivity contribution is -0.870. The van der Waals surface area contributed by atoms with Gasteiger partial charge in [0.2, 0.25) is 0 Å². The third-order valence-corrected chi connectivity index (χ3v) is 13.4.